The van der Waals surface area contributed by atoms with Gasteiger partial charge in [0.25, 0.3) is 0 Å². The molecule has 0 aliphatic carbocycles. The lowest BCUT2D eigenvalue weighted by Gasteiger charge is -2.09. The molecule has 13 heavy (non-hydrogen) atoms. The van der Waals surface area contributed by atoms with Crippen molar-refractivity contribution in [1.29, 1.82) is 0 Å². The van der Waals surface area contributed by atoms with E-state index < -0.39 is 0 Å². The molecule has 0 heterocycles. The van der Waals surface area contributed by atoms with Crippen LogP contribution in [0, 0.1) is 0 Å². The highest BCUT2D eigenvalue weighted by atomic mass is 79.9. The summed E-state index contributed by atoms with van der Waals surface area (Å²) in [5.41, 5.74) is 6.30. The highest BCUT2D eigenvalue weighted by Gasteiger charge is 2.11. The van der Waals surface area contributed by atoms with Crippen molar-refractivity contribution in [3.05, 3.63) is 27.2 Å². The summed E-state index contributed by atoms with van der Waals surface area (Å²) in [6.07, 6.45) is 0. The van der Waals surface area contributed by atoms with Crippen LogP contribution < -0.4 is 5.73 Å². The molecule has 0 aliphatic rings. The van der Waals surface area contributed by atoms with Crippen LogP contribution in [-0.2, 0) is 0 Å². The van der Waals surface area contributed by atoms with E-state index >= 15 is 0 Å². The van der Waals surface area contributed by atoms with Crippen LogP contribution in [0.5, 0.6) is 5.75 Å². The van der Waals surface area contributed by atoms with E-state index in [9.17, 15) is 5.11 Å². The smallest absolute Gasteiger partial charge is 0.136 e. The van der Waals surface area contributed by atoms with Gasteiger partial charge in [0.05, 0.1) is 9.50 Å². The zero-order valence-corrected chi connectivity index (χ0v) is 10.1. The molecule has 1 rings (SSSR count). The molecule has 0 fully saturated rings. The second-order valence-electron chi connectivity index (χ2n) is 2.59. The second-order valence-corrected chi connectivity index (χ2v) is 3.79. The third-order valence-corrected chi connectivity index (χ3v) is 2.94. The zero-order valence-electron chi connectivity index (χ0n) is 6.92. The maximum atomic E-state index is 9.54. The molecule has 2 nitrogen and oxygen atoms in total. The Morgan fingerprint density at radius 3 is 2.54 bits per heavy atom. The number of aromatic hydroxyl groups is 1. The van der Waals surface area contributed by atoms with Gasteiger partial charge in [-0.2, -0.15) is 0 Å². The van der Waals surface area contributed by atoms with Gasteiger partial charge in [0.1, 0.15) is 5.75 Å². The van der Waals surface area contributed by atoms with Crippen molar-refractivity contribution in [2.45, 2.75) is 13.0 Å². The van der Waals surface area contributed by atoms with Gasteiger partial charge in [-0.25, -0.2) is 0 Å². The van der Waals surface area contributed by atoms with Crippen LogP contribution in [0.4, 0.5) is 0 Å². The summed E-state index contributed by atoms with van der Waals surface area (Å²) < 4.78 is 0.499. The molecule has 5 heteroatoms. The van der Waals surface area contributed by atoms with E-state index in [1.807, 2.05) is 0 Å². The molecule has 0 saturated heterocycles. The number of rotatable bonds is 1. The highest BCUT2D eigenvalue weighted by molar-refractivity contribution is 9.10. The van der Waals surface area contributed by atoms with Crippen molar-refractivity contribution in [1.82, 2.24) is 0 Å². The number of hydrogen-bond donors (Lipinski definition) is 2. The first-order valence-electron chi connectivity index (χ1n) is 3.46. The minimum atomic E-state index is -0.196. The summed E-state index contributed by atoms with van der Waals surface area (Å²) in [6.45, 7) is 1.80. The SMILES string of the molecule is C[C@H](N)c1ccc(Cl)c(Br)c1O.Cl. The molecule has 0 aromatic heterocycles. The summed E-state index contributed by atoms with van der Waals surface area (Å²) >= 11 is 8.90. The molecule has 0 aliphatic heterocycles. The van der Waals surface area contributed by atoms with Gasteiger partial charge >= 0.3 is 0 Å². The van der Waals surface area contributed by atoms with Gasteiger partial charge in [0.15, 0.2) is 0 Å². The van der Waals surface area contributed by atoms with Crippen LogP contribution in [0.25, 0.3) is 0 Å². The van der Waals surface area contributed by atoms with Crippen LogP contribution in [0.2, 0.25) is 5.02 Å². The summed E-state index contributed by atoms with van der Waals surface area (Å²) in [7, 11) is 0. The van der Waals surface area contributed by atoms with Gasteiger partial charge in [-0.15, -0.1) is 12.4 Å². The Hall–Kier alpha value is 0.0400. The minimum Gasteiger partial charge on any atom is -0.506 e. The molecule has 3 N–H and O–H groups in total. The van der Waals surface area contributed by atoms with Crippen LogP contribution in [0.15, 0.2) is 16.6 Å². The standard InChI is InChI=1S/C8H9BrClNO.ClH/c1-4(11)5-2-3-6(10)7(9)8(5)12;/h2-4,12H,11H2,1H3;1H/t4-;/m0./s1. The minimum absolute atomic E-state index is 0. The average Bonchev–Trinajstić information content (AvgIpc) is 2.00. The molecule has 1 atom stereocenters. The number of phenolic OH excluding ortho intramolecular Hbond substituents is 1. The predicted octanol–water partition coefficient (Wildman–Crippen LogP) is 3.25. The number of hydrogen-bond acceptors (Lipinski definition) is 2. The number of phenols is 1. The molecule has 1 aromatic carbocycles. The van der Waals surface area contributed by atoms with Gasteiger partial charge in [-0.05, 0) is 28.9 Å². The lowest BCUT2D eigenvalue weighted by molar-refractivity contribution is 0.460. The Bertz CT molecular complexity index is 304. The summed E-state index contributed by atoms with van der Waals surface area (Å²) in [4.78, 5) is 0. The maximum absolute atomic E-state index is 9.54. The Kier molecular flexibility index (Phi) is 5.07. The Balaban J connectivity index is 0.00000144. The fraction of sp³-hybridized carbons (Fsp3) is 0.250. The molecular formula is C8H10BrCl2NO. The van der Waals surface area contributed by atoms with Gasteiger partial charge in [-0.1, -0.05) is 17.7 Å². The van der Waals surface area contributed by atoms with Crippen molar-refractivity contribution < 1.29 is 5.11 Å². The maximum Gasteiger partial charge on any atom is 0.136 e. The molecule has 0 saturated carbocycles. The van der Waals surface area contributed by atoms with Gasteiger partial charge in [0.2, 0.25) is 0 Å². The van der Waals surface area contributed by atoms with E-state index in [0.29, 0.717) is 15.1 Å². The summed E-state index contributed by atoms with van der Waals surface area (Å²) in [6, 6.07) is 3.22. The lowest BCUT2D eigenvalue weighted by Crippen LogP contribution is -2.05. The number of benzene rings is 1. The molecule has 74 valence electrons. The topological polar surface area (TPSA) is 46.2 Å². The van der Waals surface area contributed by atoms with E-state index in [2.05, 4.69) is 15.9 Å². The monoisotopic (exact) mass is 285 g/mol. The van der Waals surface area contributed by atoms with E-state index in [0.717, 1.165) is 0 Å². The molecule has 0 radical (unpaired) electrons. The van der Waals surface area contributed by atoms with E-state index in [-0.39, 0.29) is 24.2 Å². The quantitative estimate of drug-likeness (QED) is 0.832. The van der Waals surface area contributed by atoms with Crippen LogP contribution in [0.1, 0.15) is 18.5 Å². The average molecular weight is 287 g/mol. The fourth-order valence-corrected chi connectivity index (χ4v) is 1.44. The van der Waals surface area contributed by atoms with Gasteiger partial charge in [-0.3, -0.25) is 0 Å². The van der Waals surface area contributed by atoms with Gasteiger partial charge < -0.3 is 10.8 Å². The zero-order chi connectivity index (χ0) is 9.30. The molecule has 0 spiro atoms. The largest absolute Gasteiger partial charge is 0.506 e. The molecule has 1 aromatic rings. The van der Waals surface area contributed by atoms with Crippen molar-refractivity contribution in [2.24, 2.45) is 5.73 Å². The fourth-order valence-electron chi connectivity index (χ4n) is 0.922. The predicted molar refractivity (Wildman–Crippen MR) is 60.7 cm³/mol. The van der Waals surface area contributed by atoms with Crippen LogP contribution in [-0.4, -0.2) is 5.11 Å². The second kappa shape index (κ2) is 5.05. The number of halogens is 3. The Morgan fingerprint density at radius 2 is 2.08 bits per heavy atom. The summed E-state index contributed by atoms with van der Waals surface area (Å²) in [5.74, 6) is 0.123. The Morgan fingerprint density at radius 1 is 1.54 bits per heavy atom. The molecule has 0 bridgehead atoms. The van der Waals surface area contributed by atoms with E-state index in [4.69, 9.17) is 17.3 Å². The van der Waals surface area contributed by atoms with Crippen molar-refractivity contribution in [3.63, 3.8) is 0 Å². The Labute approximate surface area is 96.6 Å². The molecule has 0 unspecified atom stereocenters. The third kappa shape index (κ3) is 2.74. The third-order valence-electron chi connectivity index (χ3n) is 1.59. The normalized spacial score (nSPS) is 12.0. The van der Waals surface area contributed by atoms with Crippen LogP contribution >= 0.6 is 39.9 Å². The van der Waals surface area contributed by atoms with Crippen molar-refractivity contribution in [2.75, 3.05) is 0 Å². The van der Waals surface area contributed by atoms with Gasteiger partial charge in [0, 0.05) is 11.6 Å². The van der Waals surface area contributed by atoms with Crippen LogP contribution in [0.3, 0.4) is 0 Å². The lowest BCUT2D eigenvalue weighted by atomic mass is 10.1. The summed E-state index contributed by atoms with van der Waals surface area (Å²) in [5, 5.41) is 10.0. The first-order valence-corrected chi connectivity index (χ1v) is 4.63. The molecule has 0 amide bonds. The van der Waals surface area contributed by atoms with Crippen molar-refractivity contribution >= 4 is 39.9 Å². The van der Waals surface area contributed by atoms with E-state index in [1.165, 1.54) is 0 Å². The first kappa shape index (κ1) is 13.0. The first-order chi connectivity index (χ1) is 5.54. The van der Waals surface area contributed by atoms with E-state index in [1.54, 1.807) is 19.1 Å². The highest BCUT2D eigenvalue weighted by Crippen LogP contribution is 2.36. The van der Waals surface area contributed by atoms with Crippen molar-refractivity contribution in [3.8, 4) is 5.75 Å². The molecular weight excluding hydrogens is 277 g/mol. The number of nitrogens with two attached hydrogens (primary N) is 1.